The molecule has 0 fully saturated rings. The summed E-state index contributed by atoms with van der Waals surface area (Å²) in [4.78, 5) is 0.104. The van der Waals surface area contributed by atoms with Gasteiger partial charge < -0.3 is 9.47 Å². The van der Waals surface area contributed by atoms with Crippen LogP contribution in [0.15, 0.2) is 41.3 Å². The normalized spacial score (nSPS) is 11.7. The second kappa shape index (κ2) is 6.89. The van der Waals surface area contributed by atoms with Gasteiger partial charge in [0.25, 0.3) is 0 Å². The molecule has 5 nitrogen and oxygen atoms in total. The third kappa shape index (κ3) is 3.93. The SMILES string of the molecule is CCCOCCOc1ccc(S(N)(=O)=O)c2ccccc12. The zero-order chi connectivity index (χ0) is 15.3. The maximum absolute atomic E-state index is 11.6. The number of fused-ring (bicyclic) bond motifs is 1. The number of rotatable bonds is 7. The van der Waals surface area contributed by atoms with Crippen LogP contribution in [0.5, 0.6) is 5.75 Å². The number of primary sulfonamides is 1. The van der Waals surface area contributed by atoms with Crippen molar-refractivity contribution in [2.24, 2.45) is 5.14 Å². The van der Waals surface area contributed by atoms with E-state index in [9.17, 15) is 8.42 Å². The van der Waals surface area contributed by atoms with Crippen molar-refractivity contribution in [2.75, 3.05) is 19.8 Å². The highest BCUT2D eigenvalue weighted by Crippen LogP contribution is 2.30. The van der Waals surface area contributed by atoms with Gasteiger partial charge in [-0.2, -0.15) is 0 Å². The molecule has 2 N–H and O–H groups in total. The molecule has 0 aromatic heterocycles. The van der Waals surface area contributed by atoms with Gasteiger partial charge in [-0.3, -0.25) is 0 Å². The standard InChI is InChI=1S/C15H19NO4S/c1-2-9-19-10-11-20-14-7-8-15(21(16,17)18)13-6-4-3-5-12(13)14/h3-8H,2,9-11H2,1H3,(H2,16,17,18). The van der Waals surface area contributed by atoms with E-state index in [4.69, 9.17) is 14.6 Å². The molecule has 0 aliphatic carbocycles. The van der Waals surface area contributed by atoms with Gasteiger partial charge in [0.2, 0.25) is 10.0 Å². The molecule has 0 heterocycles. The Morgan fingerprint density at radius 3 is 2.38 bits per heavy atom. The highest BCUT2D eigenvalue weighted by Gasteiger charge is 2.14. The van der Waals surface area contributed by atoms with Gasteiger partial charge in [0, 0.05) is 17.4 Å². The summed E-state index contributed by atoms with van der Waals surface area (Å²) >= 11 is 0. The average molecular weight is 309 g/mol. The zero-order valence-corrected chi connectivity index (χ0v) is 12.7. The van der Waals surface area contributed by atoms with Crippen LogP contribution in [-0.2, 0) is 14.8 Å². The molecule has 6 heteroatoms. The van der Waals surface area contributed by atoms with Crippen molar-refractivity contribution in [1.82, 2.24) is 0 Å². The molecule has 0 saturated heterocycles. The summed E-state index contributed by atoms with van der Waals surface area (Å²) in [6, 6.07) is 10.2. The van der Waals surface area contributed by atoms with E-state index >= 15 is 0 Å². The Labute approximate surface area is 124 Å². The van der Waals surface area contributed by atoms with Crippen LogP contribution in [0.4, 0.5) is 0 Å². The van der Waals surface area contributed by atoms with E-state index in [0.29, 0.717) is 31.0 Å². The van der Waals surface area contributed by atoms with Crippen molar-refractivity contribution in [3.8, 4) is 5.75 Å². The maximum atomic E-state index is 11.6. The Morgan fingerprint density at radius 1 is 1.00 bits per heavy atom. The van der Waals surface area contributed by atoms with E-state index in [-0.39, 0.29) is 4.90 Å². The lowest BCUT2D eigenvalue weighted by Gasteiger charge is -2.11. The largest absolute Gasteiger partial charge is 0.491 e. The Kier molecular flexibility index (Phi) is 5.17. The van der Waals surface area contributed by atoms with Gasteiger partial charge in [-0.15, -0.1) is 0 Å². The fourth-order valence-electron chi connectivity index (χ4n) is 2.07. The minimum Gasteiger partial charge on any atom is -0.491 e. The van der Waals surface area contributed by atoms with Crippen molar-refractivity contribution in [2.45, 2.75) is 18.2 Å². The van der Waals surface area contributed by atoms with Crippen LogP contribution in [0.1, 0.15) is 13.3 Å². The highest BCUT2D eigenvalue weighted by molar-refractivity contribution is 7.89. The second-order valence-electron chi connectivity index (χ2n) is 4.61. The summed E-state index contributed by atoms with van der Waals surface area (Å²) in [5.41, 5.74) is 0. The predicted octanol–water partition coefficient (Wildman–Crippen LogP) is 2.29. The fraction of sp³-hybridized carbons (Fsp3) is 0.333. The molecule has 2 aromatic carbocycles. The molecular weight excluding hydrogens is 290 g/mol. The summed E-state index contributed by atoms with van der Waals surface area (Å²) in [5, 5.41) is 6.52. The van der Waals surface area contributed by atoms with Crippen LogP contribution in [-0.4, -0.2) is 28.2 Å². The van der Waals surface area contributed by atoms with E-state index in [1.54, 1.807) is 18.2 Å². The first-order valence-corrected chi connectivity index (χ1v) is 8.33. The first-order chi connectivity index (χ1) is 10.0. The maximum Gasteiger partial charge on any atom is 0.238 e. The first kappa shape index (κ1) is 15.8. The van der Waals surface area contributed by atoms with Crippen molar-refractivity contribution >= 4 is 20.8 Å². The monoisotopic (exact) mass is 309 g/mol. The smallest absolute Gasteiger partial charge is 0.238 e. The molecule has 0 amide bonds. The first-order valence-electron chi connectivity index (χ1n) is 6.79. The third-order valence-electron chi connectivity index (χ3n) is 2.98. The Morgan fingerprint density at radius 2 is 1.71 bits per heavy atom. The highest BCUT2D eigenvalue weighted by atomic mass is 32.2. The summed E-state index contributed by atoms with van der Waals surface area (Å²) in [5.74, 6) is 0.623. The molecule has 0 aliphatic heterocycles. The fourth-order valence-corrected chi connectivity index (χ4v) is 2.82. The van der Waals surface area contributed by atoms with Gasteiger partial charge in [0.05, 0.1) is 11.5 Å². The molecule has 2 rings (SSSR count). The number of ether oxygens (including phenoxy) is 2. The van der Waals surface area contributed by atoms with E-state index in [1.165, 1.54) is 6.07 Å². The van der Waals surface area contributed by atoms with Crippen LogP contribution < -0.4 is 9.88 Å². The van der Waals surface area contributed by atoms with Crippen LogP contribution >= 0.6 is 0 Å². The number of hydrogen-bond acceptors (Lipinski definition) is 4. The molecule has 2 aromatic rings. The van der Waals surface area contributed by atoms with Gasteiger partial charge in [0.15, 0.2) is 0 Å². The van der Waals surface area contributed by atoms with Gasteiger partial charge in [0.1, 0.15) is 12.4 Å². The molecule has 114 valence electrons. The van der Waals surface area contributed by atoms with Crippen molar-refractivity contribution in [3.63, 3.8) is 0 Å². The predicted molar refractivity (Wildman–Crippen MR) is 81.9 cm³/mol. The van der Waals surface area contributed by atoms with Crippen LogP contribution in [0, 0.1) is 0 Å². The summed E-state index contributed by atoms with van der Waals surface area (Å²) in [6.07, 6.45) is 0.964. The van der Waals surface area contributed by atoms with Crippen molar-refractivity contribution in [1.29, 1.82) is 0 Å². The Hall–Kier alpha value is -1.63. The van der Waals surface area contributed by atoms with Crippen LogP contribution in [0.25, 0.3) is 10.8 Å². The molecule has 0 unspecified atom stereocenters. The van der Waals surface area contributed by atoms with Gasteiger partial charge in [-0.05, 0) is 18.6 Å². The minimum absolute atomic E-state index is 0.104. The summed E-state index contributed by atoms with van der Waals surface area (Å²) in [7, 11) is -3.76. The lowest BCUT2D eigenvalue weighted by molar-refractivity contribution is 0.101. The summed E-state index contributed by atoms with van der Waals surface area (Å²) < 4.78 is 34.2. The molecule has 0 spiro atoms. The molecule has 0 aliphatic rings. The molecule has 0 radical (unpaired) electrons. The van der Waals surface area contributed by atoms with Crippen LogP contribution in [0.3, 0.4) is 0 Å². The Balaban J connectivity index is 2.26. The number of nitrogens with two attached hydrogens (primary N) is 1. The molecular formula is C15H19NO4S. The van der Waals surface area contributed by atoms with E-state index in [1.807, 2.05) is 19.1 Å². The average Bonchev–Trinajstić information content (AvgIpc) is 2.45. The number of benzene rings is 2. The van der Waals surface area contributed by atoms with Gasteiger partial charge in [-0.25, -0.2) is 13.6 Å². The molecule has 21 heavy (non-hydrogen) atoms. The molecule has 0 saturated carbocycles. The lowest BCUT2D eigenvalue weighted by Crippen LogP contribution is -2.13. The van der Waals surface area contributed by atoms with Crippen molar-refractivity contribution in [3.05, 3.63) is 36.4 Å². The second-order valence-corrected chi connectivity index (χ2v) is 6.14. The van der Waals surface area contributed by atoms with E-state index in [2.05, 4.69) is 0 Å². The summed E-state index contributed by atoms with van der Waals surface area (Å²) in [6.45, 7) is 3.66. The topological polar surface area (TPSA) is 78.6 Å². The third-order valence-corrected chi connectivity index (χ3v) is 3.95. The van der Waals surface area contributed by atoms with E-state index in [0.717, 1.165) is 11.8 Å². The number of hydrogen-bond donors (Lipinski definition) is 1. The van der Waals surface area contributed by atoms with Crippen LogP contribution in [0.2, 0.25) is 0 Å². The number of sulfonamides is 1. The quantitative estimate of drug-likeness (QED) is 0.796. The zero-order valence-electron chi connectivity index (χ0n) is 11.9. The lowest BCUT2D eigenvalue weighted by atomic mass is 10.1. The van der Waals surface area contributed by atoms with Gasteiger partial charge >= 0.3 is 0 Å². The minimum atomic E-state index is -3.76. The molecule has 0 atom stereocenters. The molecule has 0 bridgehead atoms. The van der Waals surface area contributed by atoms with Crippen molar-refractivity contribution < 1.29 is 17.9 Å². The van der Waals surface area contributed by atoms with Gasteiger partial charge in [-0.1, -0.05) is 31.2 Å². The van der Waals surface area contributed by atoms with E-state index < -0.39 is 10.0 Å². The Bertz CT molecular complexity index is 713.